The van der Waals surface area contributed by atoms with Crippen molar-refractivity contribution < 1.29 is 23.1 Å². The van der Waals surface area contributed by atoms with E-state index in [0.29, 0.717) is 0 Å². The first-order valence-electron chi connectivity index (χ1n) is 3.73. The first kappa shape index (κ1) is 12.2. The number of carboxylic acid groups (broad SMARTS) is 1. The molecular weight excluding hydrogens is 326 g/mol. The fraction of sp³-hybridized carbons (Fsp3) is 0.250. The Kier molecular flexibility index (Phi) is 3.53. The van der Waals surface area contributed by atoms with E-state index in [1.807, 2.05) is 0 Å². The second-order valence-corrected chi connectivity index (χ2v) is 3.89. The molecule has 1 aromatic rings. The van der Waals surface area contributed by atoms with Gasteiger partial charge in [0, 0.05) is 16.0 Å². The van der Waals surface area contributed by atoms with Gasteiger partial charge in [-0.25, -0.2) is 0 Å². The quantitative estimate of drug-likeness (QED) is 0.847. The number of alkyl halides is 3. The van der Waals surface area contributed by atoms with Gasteiger partial charge in [0.05, 0.1) is 12.0 Å². The number of hydrogen-bond donors (Lipinski definition) is 1. The monoisotopic (exact) mass is 331 g/mol. The van der Waals surface area contributed by atoms with Gasteiger partial charge in [-0.2, -0.15) is 13.2 Å². The molecule has 0 bridgehead atoms. The molecule has 0 aliphatic carbocycles. The fourth-order valence-electron chi connectivity index (χ4n) is 1.09. The fourth-order valence-corrected chi connectivity index (χ4v) is 1.90. The second kappa shape index (κ2) is 4.33. The standard InChI is InChI=1S/C8H5F3INO2/c9-8(10,11)7-4(1-6(14)15)2-13-3-5(7)12/h2-3H,1H2,(H,14,15). The SMILES string of the molecule is O=C(O)Cc1cncc(I)c1C(F)(F)F. The lowest BCUT2D eigenvalue weighted by atomic mass is 10.1. The van der Waals surface area contributed by atoms with E-state index in [1.54, 1.807) is 0 Å². The maximum Gasteiger partial charge on any atom is 0.417 e. The number of aromatic nitrogens is 1. The highest BCUT2D eigenvalue weighted by atomic mass is 127. The first-order valence-corrected chi connectivity index (χ1v) is 4.81. The van der Waals surface area contributed by atoms with Gasteiger partial charge in [0.25, 0.3) is 0 Å². The van der Waals surface area contributed by atoms with Crippen molar-refractivity contribution in [3.05, 3.63) is 27.1 Å². The number of aliphatic carboxylic acids is 1. The number of hydrogen-bond acceptors (Lipinski definition) is 2. The van der Waals surface area contributed by atoms with Crippen molar-refractivity contribution in [2.45, 2.75) is 12.6 Å². The summed E-state index contributed by atoms with van der Waals surface area (Å²) >= 11 is 1.48. The minimum absolute atomic E-state index is 0.0983. The molecule has 82 valence electrons. The third-order valence-corrected chi connectivity index (χ3v) is 2.42. The van der Waals surface area contributed by atoms with Crippen LogP contribution in [0.15, 0.2) is 12.4 Å². The van der Waals surface area contributed by atoms with Gasteiger partial charge in [0.2, 0.25) is 0 Å². The highest BCUT2D eigenvalue weighted by Crippen LogP contribution is 2.35. The van der Waals surface area contributed by atoms with Crippen LogP contribution >= 0.6 is 22.6 Å². The van der Waals surface area contributed by atoms with Crippen LogP contribution in [0.3, 0.4) is 0 Å². The minimum Gasteiger partial charge on any atom is -0.481 e. The summed E-state index contributed by atoms with van der Waals surface area (Å²) in [6.07, 6.45) is -3.25. The summed E-state index contributed by atoms with van der Waals surface area (Å²) in [5, 5.41) is 8.45. The van der Waals surface area contributed by atoms with Gasteiger partial charge >= 0.3 is 12.1 Å². The van der Waals surface area contributed by atoms with Gasteiger partial charge in [-0.15, -0.1) is 0 Å². The van der Waals surface area contributed by atoms with Crippen LogP contribution < -0.4 is 0 Å². The molecule has 1 aromatic heterocycles. The zero-order valence-electron chi connectivity index (χ0n) is 7.18. The number of halogens is 4. The Bertz CT molecular complexity index is 392. The summed E-state index contributed by atoms with van der Waals surface area (Å²) in [6.45, 7) is 0. The summed E-state index contributed by atoms with van der Waals surface area (Å²) in [6, 6.07) is 0. The molecule has 0 saturated carbocycles. The molecule has 0 amide bonds. The van der Waals surface area contributed by atoms with Gasteiger partial charge in [0.15, 0.2) is 0 Å². The smallest absolute Gasteiger partial charge is 0.417 e. The predicted octanol–water partition coefficient (Wildman–Crippen LogP) is 2.33. The number of nitrogens with zero attached hydrogens (tertiary/aromatic N) is 1. The van der Waals surface area contributed by atoms with Crippen molar-refractivity contribution in [1.82, 2.24) is 4.98 Å². The average Bonchev–Trinajstić information content (AvgIpc) is 1.99. The molecule has 3 nitrogen and oxygen atoms in total. The summed E-state index contributed by atoms with van der Waals surface area (Å²) < 4.78 is 37.5. The van der Waals surface area contributed by atoms with Crippen molar-refractivity contribution in [2.75, 3.05) is 0 Å². The van der Waals surface area contributed by atoms with Crippen LogP contribution in [0.2, 0.25) is 0 Å². The van der Waals surface area contributed by atoms with Crippen LogP contribution in [0.1, 0.15) is 11.1 Å². The number of pyridine rings is 1. The molecule has 0 unspecified atom stereocenters. The van der Waals surface area contributed by atoms with Crippen molar-refractivity contribution in [1.29, 1.82) is 0 Å². The molecule has 1 rings (SSSR count). The number of carboxylic acids is 1. The molecule has 0 spiro atoms. The lowest BCUT2D eigenvalue weighted by Gasteiger charge is -2.12. The Labute approximate surface area is 96.5 Å². The third kappa shape index (κ3) is 3.05. The second-order valence-electron chi connectivity index (χ2n) is 2.72. The molecule has 0 fully saturated rings. The highest BCUT2D eigenvalue weighted by molar-refractivity contribution is 14.1. The van der Waals surface area contributed by atoms with Gasteiger partial charge in [-0.1, -0.05) is 0 Å². The maximum atomic E-state index is 12.5. The summed E-state index contributed by atoms with van der Waals surface area (Å²) in [5.41, 5.74) is -1.23. The molecule has 0 saturated heterocycles. The minimum atomic E-state index is -4.55. The molecule has 15 heavy (non-hydrogen) atoms. The largest absolute Gasteiger partial charge is 0.481 e. The Balaban J connectivity index is 3.27. The Morgan fingerprint density at radius 2 is 2.07 bits per heavy atom. The predicted molar refractivity (Wildman–Crippen MR) is 53.3 cm³/mol. The molecule has 0 atom stereocenters. The van der Waals surface area contributed by atoms with Crippen molar-refractivity contribution in [3.63, 3.8) is 0 Å². The molecule has 0 aliphatic rings. The number of carbonyl (C=O) groups is 1. The Morgan fingerprint density at radius 3 is 2.53 bits per heavy atom. The molecule has 7 heteroatoms. The van der Waals surface area contributed by atoms with Crippen molar-refractivity contribution >= 4 is 28.6 Å². The summed E-state index contributed by atoms with van der Waals surface area (Å²) in [4.78, 5) is 13.9. The van der Waals surface area contributed by atoms with Crippen LogP contribution in [0.25, 0.3) is 0 Å². The molecule has 0 radical (unpaired) electrons. The molecule has 1 N–H and O–H groups in total. The highest BCUT2D eigenvalue weighted by Gasteiger charge is 2.36. The lowest BCUT2D eigenvalue weighted by molar-refractivity contribution is -0.140. The van der Waals surface area contributed by atoms with Crippen molar-refractivity contribution in [2.24, 2.45) is 0 Å². The van der Waals surface area contributed by atoms with E-state index in [-0.39, 0.29) is 9.13 Å². The zero-order chi connectivity index (χ0) is 11.6. The molecule has 0 aromatic carbocycles. The van der Waals surface area contributed by atoms with E-state index in [2.05, 4.69) is 4.98 Å². The Hall–Kier alpha value is -0.860. The van der Waals surface area contributed by atoms with E-state index in [9.17, 15) is 18.0 Å². The average molecular weight is 331 g/mol. The maximum absolute atomic E-state index is 12.5. The van der Waals surface area contributed by atoms with Crippen LogP contribution in [0.5, 0.6) is 0 Å². The van der Waals surface area contributed by atoms with E-state index in [1.165, 1.54) is 22.6 Å². The van der Waals surface area contributed by atoms with Crippen LogP contribution in [0, 0.1) is 3.57 Å². The van der Waals surface area contributed by atoms with E-state index in [4.69, 9.17) is 5.11 Å². The third-order valence-electron chi connectivity index (χ3n) is 1.60. The Morgan fingerprint density at radius 1 is 1.47 bits per heavy atom. The van der Waals surface area contributed by atoms with Gasteiger partial charge < -0.3 is 5.11 Å². The van der Waals surface area contributed by atoms with Gasteiger partial charge in [-0.05, 0) is 28.2 Å². The molecule has 0 aliphatic heterocycles. The topological polar surface area (TPSA) is 50.2 Å². The normalized spacial score (nSPS) is 11.5. The van der Waals surface area contributed by atoms with E-state index < -0.39 is 24.1 Å². The van der Waals surface area contributed by atoms with E-state index >= 15 is 0 Å². The van der Waals surface area contributed by atoms with Crippen LogP contribution in [-0.4, -0.2) is 16.1 Å². The molecule has 1 heterocycles. The summed E-state index contributed by atoms with van der Waals surface area (Å²) in [7, 11) is 0. The first-order chi connectivity index (χ1) is 6.82. The molecular formula is C8H5F3INO2. The van der Waals surface area contributed by atoms with Gasteiger partial charge in [0.1, 0.15) is 0 Å². The van der Waals surface area contributed by atoms with Crippen molar-refractivity contribution in [3.8, 4) is 0 Å². The van der Waals surface area contributed by atoms with Crippen LogP contribution in [-0.2, 0) is 17.4 Å². The van der Waals surface area contributed by atoms with Crippen LogP contribution in [0.4, 0.5) is 13.2 Å². The summed E-state index contributed by atoms with van der Waals surface area (Å²) in [5.74, 6) is -1.32. The number of rotatable bonds is 2. The lowest BCUT2D eigenvalue weighted by Crippen LogP contribution is -2.14. The van der Waals surface area contributed by atoms with E-state index in [0.717, 1.165) is 12.4 Å². The van der Waals surface area contributed by atoms with Gasteiger partial charge in [-0.3, -0.25) is 9.78 Å². The zero-order valence-corrected chi connectivity index (χ0v) is 9.33.